The molecule has 0 aliphatic heterocycles. The van der Waals surface area contributed by atoms with Gasteiger partial charge in [-0.15, -0.1) is 0 Å². The molecule has 0 aliphatic rings. The van der Waals surface area contributed by atoms with Gasteiger partial charge in [-0.1, -0.05) is 11.2 Å². The highest BCUT2D eigenvalue weighted by atomic mass is 79.9. The van der Waals surface area contributed by atoms with Gasteiger partial charge in [0.2, 0.25) is 5.82 Å². The Morgan fingerprint density at radius 3 is 2.55 bits per heavy atom. The number of halogens is 2. The smallest absolute Gasteiger partial charge is 0.262 e. The first kappa shape index (κ1) is 12.8. The fraction of sp³-hybridized carbons (Fsp3) is 0. The zero-order chi connectivity index (χ0) is 14.1. The maximum absolute atomic E-state index is 13.8. The molecule has 3 aromatic rings. The van der Waals surface area contributed by atoms with Crippen molar-refractivity contribution < 1.29 is 14.0 Å². The lowest BCUT2D eigenvalue weighted by Gasteiger charge is -1.99. The minimum absolute atomic E-state index is 0.0954. The molecule has 0 atom stereocenters. The predicted molar refractivity (Wildman–Crippen MR) is 74.5 cm³/mol. The molecular weight excluding hydrogens is 327 g/mol. The van der Waals surface area contributed by atoms with Gasteiger partial charge in [0.25, 0.3) is 5.89 Å². The third-order valence-corrected chi connectivity index (χ3v) is 3.39. The number of hydrogen-bond donors (Lipinski definition) is 1. The van der Waals surface area contributed by atoms with Crippen molar-refractivity contribution >= 4 is 15.9 Å². The highest BCUT2D eigenvalue weighted by molar-refractivity contribution is 9.10. The summed E-state index contributed by atoms with van der Waals surface area (Å²) in [6.07, 6.45) is 0. The van der Waals surface area contributed by atoms with Gasteiger partial charge in [0, 0.05) is 10.0 Å². The summed E-state index contributed by atoms with van der Waals surface area (Å²) < 4.78 is 19.5. The maximum atomic E-state index is 13.8. The number of hydrogen-bond acceptors (Lipinski definition) is 4. The number of nitrogens with zero attached hydrogens (tertiary/aromatic N) is 2. The van der Waals surface area contributed by atoms with Crippen LogP contribution in [-0.4, -0.2) is 15.2 Å². The van der Waals surface area contributed by atoms with Crippen LogP contribution in [0.2, 0.25) is 0 Å². The maximum Gasteiger partial charge on any atom is 0.262 e. The van der Waals surface area contributed by atoms with E-state index in [0.29, 0.717) is 15.9 Å². The first-order valence-corrected chi connectivity index (χ1v) is 6.52. The van der Waals surface area contributed by atoms with Crippen LogP contribution in [0, 0.1) is 5.82 Å². The van der Waals surface area contributed by atoms with E-state index in [9.17, 15) is 9.50 Å². The molecule has 1 aromatic heterocycles. The Hall–Kier alpha value is -2.21. The normalized spacial score (nSPS) is 10.7. The van der Waals surface area contributed by atoms with Crippen molar-refractivity contribution in [3.63, 3.8) is 0 Å². The third kappa shape index (κ3) is 2.30. The van der Waals surface area contributed by atoms with Crippen molar-refractivity contribution in [2.75, 3.05) is 0 Å². The molecule has 3 rings (SSSR count). The summed E-state index contributed by atoms with van der Waals surface area (Å²) in [4.78, 5) is 4.17. The fourth-order valence-corrected chi connectivity index (χ4v) is 2.27. The van der Waals surface area contributed by atoms with E-state index in [1.807, 2.05) is 0 Å². The number of aromatic nitrogens is 2. The van der Waals surface area contributed by atoms with Gasteiger partial charge in [0.15, 0.2) is 0 Å². The van der Waals surface area contributed by atoms with Crippen LogP contribution in [0.3, 0.4) is 0 Å². The van der Waals surface area contributed by atoms with Crippen LogP contribution < -0.4 is 0 Å². The molecule has 2 aromatic carbocycles. The summed E-state index contributed by atoms with van der Waals surface area (Å²) in [5.41, 5.74) is 0.898. The standard InChI is InChI=1S/C14H8BrFN2O2/c15-10-2-1-3-11(16)12(10)14-17-13(18-20-14)8-4-6-9(19)7-5-8/h1-7,19H. The molecular formula is C14H8BrFN2O2. The van der Waals surface area contributed by atoms with Crippen LogP contribution in [0.25, 0.3) is 22.8 Å². The van der Waals surface area contributed by atoms with Crippen molar-refractivity contribution in [3.05, 3.63) is 52.8 Å². The molecule has 0 unspecified atom stereocenters. The Balaban J connectivity index is 2.04. The molecule has 1 heterocycles. The Morgan fingerprint density at radius 2 is 1.85 bits per heavy atom. The van der Waals surface area contributed by atoms with Gasteiger partial charge < -0.3 is 9.63 Å². The molecule has 0 aliphatic carbocycles. The van der Waals surface area contributed by atoms with Gasteiger partial charge in [-0.3, -0.25) is 0 Å². The van der Waals surface area contributed by atoms with Crippen molar-refractivity contribution in [1.29, 1.82) is 0 Å². The lowest BCUT2D eigenvalue weighted by molar-refractivity contribution is 0.429. The van der Waals surface area contributed by atoms with E-state index in [2.05, 4.69) is 26.1 Å². The average molecular weight is 335 g/mol. The van der Waals surface area contributed by atoms with Crippen LogP contribution in [0.5, 0.6) is 5.75 Å². The average Bonchev–Trinajstić information content (AvgIpc) is 2.89. The monoisotopic (exact) mass is 334 g/mol. The minimum Gasteiger partial charge on any atom is -0.508 e. The molecule has 6 heteroatoms. The summed E-state index contributed by atoms with van der Waals surface area (Å²) in [5, 5.41) is 13.1. The molecule has 1 N–H and O–H groups in total. The van der Waals surface area contributed by atoms with Crippen molar-refractivity contribution in [1.82, 2.24) is 10.1 Å². The second-order valence-electron chi connectivity index (χ2n) is 4.07. The number of aromatic hydroxyl groups is 1. The van der Waals surface area contributed by atoms with Crippen molar-refractivity contribution in [2.45, 2.75) is 0 Å². The quantitative estimate of drug-likeness (QED) is 0.769. The Morgan fingerprint density at radius 1 is 1.10 bits per heavy atom. The van der Waals surface area contributed by atoms with Gasteiger partial charge in [0.05, 0.1) is 5.56 Å². The zero-order valence-corrected chi connectivity index (χ0v) is 11.6. The van der Waals surface area contributed by atoms with Crippen LogP contribution in [-0.2, 0) is 0 Å². The summed E-state index contributed by atoms with van der Waals surface area (Å²) in [6.45, 7) is 0. The highest BCUT2D eigenvalue weighted by Gasteiger charge is 2.17. The van der Waals surface area contributed by atoms with Crippen LogP contribution in [0.4, 0.5) is 4.39 Å². The Bertz CT molecular complexity index is 736. The van der Waals surface area contributed by atoms with Gasteiger partial charge in [-0.25, -0.2) is 4.39 Å². The molecule has 4 nitrogen and oxygen atoms in total. The molecule has 0 fully saturated rings. The first-order chi connectivity index (χ1) is 9.65. The molecule has 100 valence electrons. The summed E-state index contributed by atoms with van der Waals surface area (Å²) >= 11 is 3.26. The second kappa shape index (κ2) is 5.05. The first-order valence-electron chi connectivity index (χ1n) is 5.72. The zero-order valence-electron chi connectivity index (χ0n) is 10.0. The van der Waals surface area contributed by atoms with E-state index < -0.39 is 5.82 Å². The molecule has 0 saturated heterocycles. The van der Waals surface area contributed by atoms with Crippen LogP contribution >= 0.6 is 15.9 Å². The van der Waals surface area contributed by atoms with Gasteiger partial charge in [0.1, 0.15) is 11.6 Å². The summed E-state index contributed by atoms with van der Waals surface area (Å²) in [6, 6.07) is 10.9. The van der Waals surface area contributed by atoms with Crippen LogP contribution in [0.15, 0.2) is 51.5 Å². The number of phenolic OH excluding ortho intramolecular Hbond substituents is 1. The highest BCUT2D eigenvalue weighted by Crippen LogP contribution is 2.31. The number of rotatable bonds is 2. The molecule has 0 bridgehead atoms. The summed E-state index contributed by atoms with van der Waals surface area (Å²) in [7, 11) is 0. The van der Waals surface area contributed by atoms with E-state index >= 15 is 0 Å². The Labute approximate surface area is 122 Å². The van der Waals surface area contributed by atoms with E-state index in [0.717, 1.165) is 0 Å². The summed E-state index contributed by atoms with van der Waals surface area (Å²) in [5.74, 6) is 0.128. The van der Waals surface area contributed by atoms with E-state index in [4.69, 9.17) is 4.52 Å². The van der Waals surface area contributed by atoms with Crippen molar-refractivity contribution in [3.8, 4) is 28.6 Å². The molecule has 0 radical (unpaired) electrons. The SMILES string of the molecule is Oc1ccc(-c2noc(-c3c(F)cccc3Br)n2)cc1. The van der Waals surface area contributed by atoms with Gasteiger partial charge >= 0.3 is 0 Å². The van der Waals surface area contributed by atoms with Crippen molar-refractivity contribution in [2.24, 2.45) is 0 Å². The largest absolute Gasteiger partial charge is 0.508 e. The van der Waals surface area contributed by atoms with E-state index in [1.54, 1.807) is 24.3 Å². The minimum atomic E-state index is -0.444. The van der Waals surface area contributed by atoms with Gasteiger partial charge in [-0.2, -0.15) is 4.98 Å². The lowest BCUT2D eigenvalue weighted by Crippen LogP contribution is -1.86. The Kier molecular flexibility index (Phi) is 3.23. The molecule has 20 heavy (non-hydrogen) atoms. The number of benzene rings is 2. The van der Waals surface area contributed by atoms with Gasteiger partial charge in [-0.05, 0) is 52.3 Å². The lowest BCUT2D eigenvalue weighted by atomic mass is 10.2. The number of phenols is 1. The molecule has 0 saturated carbocycles. The predicted octanol–water partition coefficient (Wildman–Crippen LogP) is 4.01. The fourth-order valence-electron chi connectivity index (χ4n) is 1.75. The topological polar surface area (TPSA) is 59.2 Å². The molecule has 0 spiro atoms. The third-order valence-electron chi connectivity index (χ3n) is 2.73. The van der Waals surface area contributed by atoms with Crippen LogP contribution in [0.1, 0.15) is 0 Å². The second-order valence-corrected chi connectivity index (χ2v) is 4.92. The van der Waals surface area contributed by atoms with E-state index in [-0.39, 0.29) is 17.2 Å². The molecule has 0 amide bonds. The van der Waals surface area contributed by atoms with E-state index in [1.165, 1.54) is 18.2 Å².